The van der Waals surface area contributed by atoms with Crippen LogP contribution in [0.5, 0.6) is 0 Å². The Morgan fingerprint density at radius 3 is 2.12 bits per heavy atom. The molecule has 0 radical (unpaired) electrons. The molecule has 1 unspecified atom stereocenters. The van der Waals surface area contributed by atoms with Crippen LogP contribution in [0.2, 0.25) is 0 Å². The van der Waals surface area contributed by atoms with Crippen LogP contribution in [-0.4, -0.2) is 42.3 Å². The second-order valence-electron chi connectivity index (χ2n) is 9.36. The van der Waals surface area contributed by atoms with E-state index in [0.717, 1.165) is 35.1 Å². The second-order valence-corrected chi connectivity index (χ2v) is 9.36. The Morgan fingerprint density at radius 1 is 1.03 bits per heavy atom. The highest BCUT2D eigenvalue weighted by atomic mass is 16.5. The number of carbonyl (C=O) groups excluding carboxylic acids is 2. The van der Waals surface area contributed by atoms with Crippen LogP contribution >= 0.6 is 0 Å². The quantitative estimate of drug-likeness (QED) is 0.537. The maximum Gasteiger partial charge on any atom is 0.407 e. The van der Waals surface area contributed by atoms with E-state index >= 15 is 0 Å². The number of carboxylic acids is 1. The van der Waals surface area contributed by atoms with Crippen molar-refractivity contribution in [2.45, 2.75) is 45.1 Å². The Bertz CT molecular complexity index is 1010. The number of rotatable bonds is 9. The van der Waals surface area contributed by atoms with Crippen LogP contribution in [0.4, 0.5) is 4.79 Å². The van der Waals surface area contributed by atoms with Crippen molar-refractivity contribution in [1.82, 2.24) is 10.6 Å². The lowest BCUT2D eigenvalue weighted by Gasteiger charge is -2.23. The van der Waals surface area contributed by atoms with Gasteiger partial charge in [-0.1, -0.05) is 62.4 Å². The maximum atomic E-state index is 12.7. The highest BCUT2D eigenvalue weighted by Crippen LogP contribution is 2.51. The molecule has 3 N–H and O–H groups in total. The van der Waals surface area contributed by atoms with E-state index in [1.165, 1.54) is 0 Å². The van der Waals surface area contributed by atoms with Crippen molar-refractivity contribution in [3.63, 3.8) is 0 Å². The molecule has 0 spiro atoms. The van der Waals surface area contributed by atoms with Crippen LogP contribution in [0.15, 0.2) is 48.5 Å². The minimum atomic E-state index is -1.19. The summed E-state index contributed by atoms with van der Waals surface area (Å²) in [5.41, 5.74) is 4.46. The molecule has 174 valence electrons. The summed E-state index contributed by atoms with van der Waals surface area (Å²) in [4.78, 5) is 36.5. The van der Waals surface area contributed by atoms with Gasteiger partial charge in [-0.25, -0.2) is 4.79 Å². The molecule has 2 aliphatic carbocycles. The minimum absolute atomic E-state index is 0.0766. The number of aliphatic carboxylic acids is 1. The zero-order valence-electron chi connectivity index (χ0n) is 19.0. The molecule has 0 aliphatic heterocycles. The van der Waals surface area contributed by atoms with E-state index in [1.54, 1.807) is 0 Å². The summed E-state index contributed by atoms with van der Waals surface area (Å²) in [6.07, 6.45) is 0.760. The SMILES string of the molecule is CC(C)C1(CNC(=O)C(CC(=O)O)NC(=O)OCC2c3ccccc3-c3ccccc32)CC1. The average Bonchev–Trinajstić information content (AvgIpc) is 3.52. The molecule has 0 saturated heterocycles. The molecule has 7 heteroatoms. The first-order valence-corrected chi connectivity index (χ1v) is 11.4. The molecule has 1 saturated carbocycles. The lowest BCUT2D eigenvalue weighted by Crippen LogP contribution is -2.49. The highest BCUT2D eigenvalue weighted by molar-refractivity contribution is 5.89. The summed E-state index contributed by atoms with van der Waals surface area (Å²) in [5, 5.41) is 14.5. The van der Waals surface area contributed by atoms with Gasteiger partial charge in [0.2, 0.25) is 5.91 Å². The fourth-order valence-corrected chi connectivity index (χ4v) is 4.67. The Labute approximate surface area is 193 Å². The molecule has 1 atom stereocenters. The van der Waals surface area contributed by atoms with Gasteiger partial charge in [0.25, 0.3) is 0 Å². The second kappa shape index (κ2) is 9.25. The molecule has 2 aromatic rings. The third kappa shape index (κ3) is 4.87. The lowest BCUT2D eigenvalue weighted by molar-refractivity contribution is -0.139. The van der Waals surface area contributed by atoms with Crippen LogP contribution in [0, 0.1) is 11.3 Å². The van der Waals surface area contributed by atoms with Crippen molar-refractivity contribution in [3.8, 4) is 11.1 Å². The highest BCUT2D eigenvalue weighted by Gasteiger charge is 2.45. The smallest absolute Gasteiger partial charge is 0.407 e. The number of amides is 2. The molecular formula is C26H30N2O5. The molecule has 1 fully saturated rings. The van der Waals surface area contributed by atoms with Crippen LogP contribution in [0.3, 0.4) is 0 Å². The summed E-state index contributed by atoms with van der Waals surface area (Å²) in [5.74, 6) is -1.36. The first-order chi connectivity index (χ1) is 15.8. The summed E-state index contributed by atoms with van der Waals surface area (Å²) < 4.78 is 5.47. The van der Waals surface area contributed by atoms with E-state index in [1.807, 2.05) is 48.5 Å². The van der Waals surface area contributed by atoms with Crippen molar-refractivity contribution in [2.24, 2.45) is 11.3 Å². The summed E-state index contributed by atoms with van der Waals surface area (Å²) >= 11 is 0. The van der Waals surface area contributed by atoms with E-state index in [2.05, 4.69) is 24.5 Å². The van der Waals surface area contributed by atoms with Gasteiger partial charge >= 0.3 is 12.1 Å². The summed E-state index contributed by atoms with van der Waals surface area (Å²) in [6.45, 7) is 4.80. The number of hydrogen-bond donors (Lipinski definition) is 3. The lowest BCUT2D eigenvalue weighted by atomic mass is 9.92. The van der Waals surface area contributed by atoms with Crippen molar-refractivity contribution in [3.05, 3.63) is 59.7 Å². The molecule has 0 heterocycles. The molecule has 4 rings (SSSR count). The van der Waals surface area contributed by atoms with Crippen molar-refractivity contribution >= 4 is 18.0 Å². The van der Waals surface area contributed by atoms with Gasteiger partial charge < -0.3 is 20.5 Å². The van der Waals surface area contributed by atoms with Crippen molar-refractivity contribution in [2.75, 3.05) is 13.2 Å². The number of carbonyl (C=O) groups is 3. The van der Waals surface area contributed by atoms with Gasteiger partial charge in [0.1, 0.15) is 12.6 Å². The minimum Gasteiger partial charge on any atom is -0.481 e. The number of ether oxygens (including phenoxy) is 1. The van der Waals surface area contributed by atoms with Crippen LogP contribution in [0.25, 0.3) is 11.1 Å². The molecule has 0 aromatic heterocycles. The van der Waals surface area contributed by atoms with Gasteiger partial charge in [-0.15, -0.1) is 0 Å². The molecule has 2 aliphatic rings. The zero-order valence-corrected chi connectivity index (χ0v) is 19.0. The maximum absolute atomic E-state index is 12.7. The Kier molecular flexibility index (Phi) is 6.40. The van der Waals surface area contributed by atoms with Gasteiger partial charge in [-0.2, -0.15) is 0 Å². The van der Waals surface area contributed by atoms with E-state index < -0.39 is 30.4 Å². The monoisotopic (exact) mass is 450 g/mol. The predicted molar refractivity (Wildman–Crippen MR) is 124 cm³/mol. The average molecular weight is 451 g/mol. The standard InChI is InChI=1S/C26H30N2O5/c1-16(2)26(11-12-26)15-27-24(31)22(13-23(29)30)28-25(32)33-14-21-19-9-5-3-7-17(19)18-8-4-6-10-20(18)21/h3-10,16,21-22H,11-15H2,1-2H3,(H,27,31)(H,28,32)(H,29,30). The van der Waals surface area contributed by atoms with Gasteiger partial charge in [-0.3, -0.25) is 9.59 Å². The van der Waals surface area contributed by atoms with E-state index in [0.29, 0.717) is 12.5 Å². The number of alkyl carbamates (subject to hydrolysis) is 1. The molecule has 2 amide bonds. The van der Waals surface area contributed by atoms with Gasteiger partial charge in [-0.05, 0) is 46.4 Å². The van der Waals surface area contributed by atoms with Crippen LogP contribution in [-0.2, 0) is 14.3 Å². The third-order valence-electron chi connectivity index (χ3n) is 7.06. The van der Waals surface area contributed by atoms with E-state index in [9.17, 15) is 19.5 Å². The first-order valence-electron chi connectivity index (χ1n) is 11.4. The number of fused-ring (bicyclic) bond motifs is 3. The molecule has 0 bridgehead atoms. The molecule has 2 aromatic carbocycles. The number of nitrogens with one attached hydrogen (secondary N) is 2. The van der Waals surface area contributed by atoms with Gasteiger partial charge in [0, 0.05) is 12.5 Å². The summed E-state index contributed by atoms with van der Waals surface area (Å²) in [7, 11) is 0. The Hall–Kier alpha value is -3.35. The largest absolute Gasteiger partial charge is 0.481 e. The first kappa shape index (κ1) is 22.8. The topological polar surface area (TPSA) is 105 Å². The van der Waals surface area contributed by atoms with Crippen molar-refractivity contribution in [1.29, 1.82) is 0 Å². The zero-order chi connectivity index (χ0) is 23.6. The molecule has 33 heavy (non-hydrogen) atoms. The number of carboxylic acid groups (broad SMARTS) is 1. The summed E-state index contributed by atoms with van der Waals surface area (Å²) in [6, 6.07) is 14.8. The molecular weight excluding hydrogens is 420 g/mol. The van der Waals surface area contributed by atoms with Crippen LogP contribution in [0.1, 0.15) is 50.2 Å². The number of hydrogen-bond acceptors (Lipinski definition) is 4. The van der Waals surface area contributed by atoms with E-state index in [4.69, 9.17) is 4.74 Å². The third-order valence-corrected chi connectivity index (χ3v) is 7.06. The number of benzene rings is 2. The van der Waals surface area contributed by atoms with Gasteiger partial charge in [0.05, 0.1) is 6.42 Å². The fourth-order valence-electron chi connectivity index (χ4n) is 4.67. The molecule has 7 nitrogen and oxygen atoms in total. The van der Waals surface area contributed by atoms with E-state index in [-0.39, 0.29) is 17.9 Å². The fraction of sp³-hybridized carbons (Fsp3) is 0.423. The Balaban J connectivity index is 1.38. The normalized spacial score (nSPS) is 16.5. The van der Waals surface area contributed by atoms with Gasteiger partial charge in [0.15, 0.2) is 0 Å². The van der Waals surface area contributed by atoms with Crippen molar-refractivity contribution < 1.29 is 24.2 Å². The Morgan fingerprint density at radius 2 is 1.61 bits per heavy atom. The predicted octanol–water partition coefficient (Wildman–Crippen LogP) is 3.92. The van der Waals surface area contributed by atoms with Crippen LogP contribution < -0.4 is 10.6 Å².